The zero-order valence-electron chi connectivity index (χ0n) is 15.5. The fraction of sp³-hybridized carbons (Fsp3) is 0.450. The number of thiazole rings is 1. The lowest BCUT2D eigenvalue weighted by Crippen LogP contribution is -2.41. The third-order valence-corrected chi connectivity index (χ3v) is 5.64. The third-order valence-electron chi connectivity index (χ3n) is 4.59. The molecule has 2 aromatic rings. The number of para-hydroxylation sites is 1. The van der Waals surface area contributed by atoms with Gasteiger partial charge in [0.25, 0.3) is 5.91 Å². The molecule has 6 nitrogen and oxygen atoms in total. The van der Waals surface area contributed by atoms with Crippen molar-refractivity contribution in [3.63, 3.8) is 0 Å². The standard InChI is InChI=1S/C20H25N3O3S/c1-2-18(24)21-11-16-14-27-20(22-16)15-7-6-10-23(12-15)19(25)13-26-17-8-4-3-5-9-17/h3-5,8-9,14-15H,2,6-7,10-13H2,1H3,(H,21,24)/t15-/m1/s1. The van der Waals surface area contributed by atoms with Crippen LogP contribution in [0.1, 0.15) is 42.8 Å². The number of hydrogen-bond donors (Lipinski definition) is 1. The first-order chi connectivity index (χ1) is 13.2. The van der Waals surface area contributed by atoms with Crippen molar-refractivity contribution in [2.75, 3.05) is 19.7 Å². The molecule has 0 spiro atoms. The van der Waals surface area contributed by atoms with Crippen molar-refractivity contribution in [1.82, 2.24) is 15.2 Å². The molecule has 0 saturated carbocycles. The molecule has 1 aliphatic heterocycles. The molecule has 1 N–H and O–H groups in total. The predicted octanol–water partition coefficient (Wildman–Crippen LogP) is 2.95. The lowest BCUT2D eigenvalue weighted by Gasteiger charge is -2.31. The highest BCUT2D eigenvalue weighted by atomic mass is 32.1. The second-order valence-corrected chi connectivity index (χ2v) is 7.48. The minimum atomic E-state index is 0.00976. The molecule has 2 heterocycles. The van der Waals surface area contributed by atoms with Crippen LogP contribution in [0, 0.1) is 0 Å². The average molecular weight is 388 g/mol. The van der Waals surface area contributed by atoms with Crippen LogP contribution in [0.2, 0.25) is 0 Å². The molecule has 27 heavy (non-hydrogen) atoms. The number of aromatic nitrogens is 1. The van der Waals surface area contributed by atoms with Gasteiger partial charge < -0.3 is 15.0 Å². The topological polar surface area (TPSA) is 71.5 Å². The summed E-state index contributed by atoms with van der Waals surface area (Å²) in [7, 11) is 0. The fourth-order valence-corrected chi connectivity index (χ4v) is 4.01. The lowest BCUT2D eigenvalue weighted by molar-refractivity contribution is -0.134. The molecule has 0 aliphatic carbocycles. The Balaban J connectivity index is 1.52. The van der Waals surface area contributed by atoms with Gasteiger partial charge in [0, 0.05) is 30.8 Å². The van der Waals surface area contributed by atoms with E-state index in [9.17, 15) is 9.59 Å². The van der Waals surface area contributed by atoms with Gasteiger partial charge in [-0.1, -0.05) is 25.1 Å². The minimum absolute atomic E-state index is 0.00976. The second kappa shape index (κ2) is 9.50. The summed E-state index contributed by atoms with van der Waals surface area (Å²) in [4.78, 5) is 30.4. The van der Waals surface area contributed by atoms with E-state index in [1.165, 1.54) is 0 Å². The summed E-state index contributed by atoms with van der Waals surface area (Å²) in [5, 5.41) is 5.88. The molecule has 1 atom stereocenters. The van der Waals surface area contributed by atoms with Crippen molar-refractivity contribution in [2.45, 2.75) is 38.6 Å². The highest BCUT2D eigenvalue weighted by molar-refractivity contribution is 7.09. The van der Waals surface area contributed by atoms with Gasteiger partial charge >= 0.3 is 0 Å². The number of nitrogens with zero attached hydrogens (tertiary/aromatic N) is 2. The summed E-state index contributed by atoms with van der Waals surface area (Å²) < 4.78 is 5.59. The van der Waals surface area contributed by atoms with E-state index in [4.69, 9.17) is 4.74 Å². The van der Waals surface area contributed by atoms with E-state index in [-0.39, 0.29) is 24.3 Å². The first-order valence-electron chi connectivity index (χ1n) is 9.32. The normalized spacial score (nSPS) is 16.8. The molecule has 1 aromatic heterocycles. The Morgan fingerprint density at radius 3 is 2.93 bits per heavy atom. The summed E-state index contributed by atoms with van der Waals surface area (Å²) in [6, 6.07) is 9.39. The Labute approximate surface area is 163 Å². The highest BCUT2D eigenvalue weighted by Crippen LogP contribution is 2.29. The summed E-state index contributed by atoms with van der Waals surface area (Å²) in [5.74, 6) is 0.992. The van der Waals surface area contributed by atoms with E-state index in [0.29, 0.717) is 25.3 Å². The molecule has 1 aromatic carbocycles. The maximum atomic E-state index is 12.5. The van der Waals surface area contributed by atoms with Gasteiger partial charge in [-0.15, -0.1) is 11.3 Å². The maximum absolute atomic E-state index is 12.5. The van der Waals surface area contributed by atoms with Crippen LogP contribution in [0.4, 0.5) is 0 Å². The predicted molar refractivity (Wildman–Crippen MR) is 105 cm³/mol. The molecule has 1 fully saturated rings. The van der Waals surface area contributed by atoms with Crippen molar-refractivity contribution >= 4 is 23.2 Å². The van der Waals surface area contributed by atoms with Gasteiger partial charge in [-0.2, -0.15) is 0 Å². The van der Waals surface area contributed by atoms with E-state index in [0.717, 1.165) is 30.1 Å². The van der Waals surface area contributed by atoms with E-state index in [2.05, 4.69) is 10.3 Å². The van der Waals surface area contributed by atoms with Crippen LogP contribution >= 0.6 is 11.3 Å². The Bertz CT molecular complexity index is 763. The Kier molecular flexibility index (Phi) is 6.81. The summed E-state index contributed by atoms with van der Waals surface area (Å²) in [6.45, 7) is 3.78. The molecule has 0 unspecified atom stereocenters. The Morgan fingerprint density at radius 2 is 2.15 bits per heavy atom. The highest BCUT2D eigenvalue weighted by Gasteiger charge is 2.27. The Hall–Kier alpha value is -2.41. The molecule has 144 valence electrons. The zero-order chi connectivity index (χ0) is 19.1. The van der Waals surface area contributed by atoms with Crippen LogP contribution in [0.3, 0.4) is 0 Å². The van der Waals surface area contributed by atoms with Gasteiger partial charge in [0.2, 0.25) is 5.91 Å². The molecule has 1 saturated heterocycles. The second-order valence-electron chi connectivity index (χ2n) is 6.59. The Morgan fingerprint density at radius 1 is 1.33 bits per heavy atom. The van der Waals surface area contributed by atoms with Crippen molar-refractivity contribution in [3.8, 4) is 5.75 Å². The quantitative estimate of drug-likeness (QED) is 0.793. The van der Waals surface area contributed by atoms with E-state index < -0.39 is 0 Å². The number of piperidine rings is 1. The van der Waals surface area contributed by atoms with Gasteiger partial charge in [-0.05, 0) is 25.0 Å². The fourth-order valence-electron chi connectivity index (χ4n) is 3.06. The smallest absolute Gasteiger partial charge is 0.260 e. The molecule has 1 aliphatic rings. The van der Waals surface area contributed by atoms with Gasteiger partial charge in [0.1, 0.15) is 5.75 Å². The monoisotopic (exact) mass is 387 g/mol. The minimum Gasteiger partial charge on any atom is -0.484 e. The van der Waals surface area contributed by atoms with E-state index in [1.54, 1.807) is 11.3 Å². The SMILES string of the molecule is CCC(=O)NCc1csc([C@@H]2CCCN(C(=O)COc3ccccc3)C2)n1. The molecule has 3 rings (SSSR count). The first-order valence-corrected chi connectivity index (χ1v) is 10.2. The average Bonchev–Trinajstić information content (AvgIpc) is 3.20. The van der Waals surface area contributed by atoms with Gasteiger partial charge in [-0.25, -0.2) is 4.98 Å². The van der Waals surface area contributed by atoms with Crippen LogP contribution in [0.5, 0.6) is 5.75 Å². The van der Waals surface area contributed by atoms with Gasteiger partial charge in [0.05, 0.1) is 17.2 Å². The van der Waals surface area contributed by atoms with Gasteiger partial charge in [-0.3, -0.25) is 9.59 Å². The van der Waals surface area contributed by atoms with Crippen molar-refractivity contribution in [3.05, 3.63) is 46.4 Å². The number of likely N-dealkylation sites (tertiary alicyclic amines) is 1. The van der Waals surface area contributed by atoms with Crippen molar-refractivity contribution in [2.24, 2.45) is 0 Å². The number of ether oxygens (including phenoxy) is 1. The number of nitrogens with one attached hydrogen (secondary N) is 1. The van der Waals surface area contributed by atoms with Crippen LogP contribution in [-0.4, -0.2) is 41.4 Å². The molecule has 2 amide bonds. The summed E-state index contributed by atoms with van der Waals surface area (Å²) in [5.41, 5.74) is 0.882. The van der Waals surface area contributed by atoms with E-state index >= 15 is 0 Å². The van der Waals surface area contributed by atoms with Crippen molar-refractivity contribution < 1.29 is 14.3 Å². The number of carbonyl (C=O) groups is 2. The number of carbonyl (C=O) groups excluding carboxylic acids is 2. The number of amides is 2. The van der Waals surface area contributed by atoms with Crippen LogP contribution in [0.25, 0.3) is 0 Å². The first kappa shape index (κ1) is 19.4. The molecule has 0 radical (unpaired) electrons. The van der Waals surface area contributed by atoms with Crippen LogP contribution in [-0.2, 0) is 16.1 Å². The number of hydrogen-bond acceptors (Lipinski definition) is 5. The molecule has 0 bridgehead atoms. The molecule has 7 heteroatoms. The number of rotatable bonds is 7. The third kappa shape index (κ3) is 5.53. The van der Waals surface area contributed by atoms with Gasteiger partial charge in [0.15, 0.2) is 6.61 Å². The van der Waals surface area contributed by atoms with Crippen LogP contribution in [0.15, 0.2) is 35.7 Å². The van der Waals surface area contributed by atoms with Crippen LogP contribution < -0.4 is 10.1 Å². The van der Waals surface area contributed by atoms with Crippen molar-refractivity contribution in [1.29, 1.82) is 0 Å². The maximum Gasteiger partial charge on any atom is 0.260 e. The molecular weight excluding hydrogens is 362 g/mol. The molecular formula is C20H25N3O3S. The summed E-state index contributed by atoms with van der Waals surface area (Å²) in [6.07, 6.45) is 2.46. The number of benzene rings is 1. The lowest BCUT2D eigenvalue weighted by atomic mass is 9.98. The van der Waals surface area contributed by atoms with E-state index in [1.807, 2.05) is 47.5 Å². The zero-order valence-corrected chi connectivity index (χ0v) is 16.3. The largest absolute Gasteiger partial charge is 0.484 e. The summed E-state index contributed by atoms with van der Waals surface area (Å²) >= 11 is 1.61.